The van der Waals surface area contributed by atoms with E-state index < -0.39 is 0 Å². The van der Waals surface area contributed by atoms with Crippen molar-refractivity contribution in [3.63, 3.8) is 0 Å². The summed E-state index contributed by atoms with van der Waals surface area (Å²) in [5, 5.41) is 11.8. The van der Waals surface area contributed by atoms with Gasteiger partial charge in [-0.3, -0.25) is 0 Å². The van der Waals surface area contributed by atoms with Crippen molar-refractivity contribution in [2.24, 2.45) is 16.3 Å². The summed E-state index contributed by atoms with van der Waals surface area (Å²) < 4.78 is 11.4. The van der Waals surface area contributed by atoms with Crippen molar-refractivity contribution in [3.8, 4) is 11.5 Å². The van der Waals surface area contributed by atoms with Gasteiger partial charge in [0.2, 0.25) is 0 Å². The molecule has 0 aliphatic heterocycles. The van der Waals surface area contributed by atoms with Crippen molar-refractivity contribution >= 4 is 5.84 Å². The number of hydrogen-bond donors (Lipinski definition) is 2. The average molecular weight is 294 g/mol. The van der Waals surface area contributed by atoms with Gasteiger partial charge in [0.25, 0.3) is 0 Å². The molecule has 1 aromatic rings. The Kier molecular flexibility index (Phi) is 6.85. The van der Waals surface area contributed by atoms with Crippen LogP contribution in [0.2, 0.25) is 0 Å². The lowest BCUT2D eigenvalue weighted by atomic mass is 9.87. The highest BCUT2D eigenvalue weighted by Gasteiger charge is 2.23. The number of rotatable bonds is 9. The van der Waals surface area contributed by atoms with Gasteiger partial charge in [-0.15, -0.1) is 0 Å². The SMILES string of the molecule is CCCOc1ccccc1OCCCC(C)(C)C(N)=NO. The van der Waals surface area contributed by atoms with E-state index in [9.17, 15) is 0 Å². The number of hydrogen-bond acceptors (Lipinski definition) is 4. The zero-order chi connectivity index (χ0) is 15.7. The van der Waals surface area contributed by atoms with Gasteiger partial charge in [-0.2, -0.15) is 0 Å². The second kappa shape index (κ2) is 8.39. The highest BCUT2D eigenvalue weighted by Crippen LogP contribution is 2.28. The lowest BCUT2D eigenvalue weighted by molar-refractivity contribution is 0.253. The maximum atomic E-state index is 8.74. The van der Waals surface area contributed by atoms with E-state index in [1.807, 2.05) is 38.1 Å². The number of nitrogens with zero attached hydrogens (tertiary/aromatic N) is 1. The first-order valence-electron chi connectivity index (χ1n) is 7.34. The molecular formula is C16H26N2O3. The van der Waals surface area contributed by atoms with E-state index in [-0.39, 0.29) is 11.3 Å². The first kappa shape index (κ1) is 17.1. The monoisotopic (exact) mass is 294 g/mol. The largest absolute Gasteiger partial charge is 0.490 e. The molecule has 5 heteroatoms. The predicted octanol–water partition coefficient (Wildman–Crippen LogP) is 3.41. The Bertz CT molecular complexity index is 459. The molecule has 0 saturated carbocycles. The van der Waals surface area contributed by atoms with Crippen molar-refractivity contribution in [1.82, 2.24) is 0 Å². The second-order valence-electron chi connectivity index (χ2n) is 5.62. The van der Waals surface area contributed by atoms with E-state index >= 15 is 0 Å². The number of benzene rings is 1. The predicted molar refractivity (Wildman–Crippen MR) is 84.1 cm³/mol. The van der Waals surface area contributed by atoms with Crippen molar-refractivity contribution in [2.45, 2.75) is 40.0 Å². The summed E-state index contributed by atoms with van der Waals surface area (Å²) in [7, 11) is 0. The second-order valence-corrected chi connectivity index (χ2v) is 5.62. The zero-order valence-corrected chi connectivity index (χ0v) is 13.1. The molecule has 118 valence electrons. The third kappa shape index (κ3) is 5.53. The standard InChI is InChI=1S/C16H26N2O3/c1-4-11-20-13-8-5-6-9-14(13)21-12-7-10-16(2,3)15(17)18-19/h5-6,8-9,19H,4,7,10-12H2,1-3H3,(H2,17,18). The molecule has 0 radical (unpaired) electrons. The van der Waals surface area contributed by atoms with Crippen LogP contribution in [0.5, 0.6) is 11.5 Å². The summed E-state index contributed by atoms with van der Waals surface area (Å²) in [4.78, 5) is 0. The molecule has 0 bridgehead atoms. The van der Waals surface area contributed by atoms with Crippen molar-refractivity contribution < 1.29 is 14.7 Å². The number of oxime groups is 1. The lowest BCUT2D eigenvalue weighted by Gasteiger charge is -2.22. The van der Waals surface area contributed by atoms with Crippen molar-refractivity contribution in [2.75, 3.05) is 13.2 Å². The molecule has 0 fully saturated rings. The number of amidine groups is 1. The fourth-order valence-corrected chi connectivity index (χ4v) is 1.86. The Hall–Kier alpha value is -1.91. The molecule has 0 heterocycles. The summed E-state index contributed by atoms with van der Waals surface area (Å²) in [5.74, 6) is 1.77. The van der Waals surface area contributed by atoms with Crippen LogP contribution < -0.4 is 15.2 Å². The highest BCUT2D eigenvalue weighted by atomic mass is 16.5. The van der Waals surface area contributed by atoms with E-state index in [0.29, 0.717) is 13.2 Å². The fourth-order valence-electron chi connectivity index (χ4n) is 1.86. The molecule has 0 aliphatic carbocycles. The Balaban J connectivity index is 2.46. The quantitative estimate of drug-likeness (QED) is 0.240. The lowest BCUT2D eigenvalue weighted by Crippen LogP contribution is -2.32. The van der Waals surface area contributed by atoms with Crippen LogP contribution in [0.3, 0.4) is 0 Å². The van der Waals surface area contributed by atoms with Crippen LogP contribution in [0.1, 0.15) is 40.0 Å². The van der Waals surface area contributed by atoms with Gasteiger partial charge in [0.1, 0.15) is 5.84 Å². The minimum absolute atomic E-state index is 0.245. The molecule has 3 N–H and O–H groups in total. The van der Waals surface area contributed by atoms with E-state index in [4.69, 9.17) is 20.4 Å². The molecule has 0 amide bonds. The normalized spacial score (nSPS) is 12.2. The minimum Gasteiger partial charge on any atom is -0.490 e. The third-order valence-corrected chi connectivity index (χ3v) is 3.32. The molecule has 0 atom stereocenters. The minimum atomic E-state index is -0.337. The van der Waals surface area contributed by atoms with Gasteiger partial charge < -0.3 is 20.4 Å². The molecule has 5 nitrogen and oxygen atoms in total. The molecule has 0 unspecified atom stereocenters. The van der Waals surface area contributed by atoms with Gasteiger partial charge in [0.05, 0.1) is 13.2 Å². The van der Waals surface area contributed by atoms with E-state index in [1.165, 1.54) is 0 Å². The van der Waals surface area contributed by atoms with Crippen LogP contribution in [0, 0.1) is 5.41 Å². The van der Waals surface area contributed by atoms with Crippen LogP contribution in [0.4, 0.5) is 0 Å². The smallest absolute Gasteiger partial charge is 0.161 e. The zero-order valence-electron chi connectivity index (χ0n) is 13.1. The molecule has 1 rings (SSSR count). The first-order valence-corrected chi connectivity index (χ1v) is 7.34. The molecule has 0 aliphatic rings. The molecule has 1 aromatic carbocycles. The molecule has 0 spiro atoms. The van der Waals surface area contributed by atoms with E-state index in [2.05, 4.69) is 12.1 Å². The molecular weight excluding hydrogens is 268 g/mol. The fraction of sp³-hybridized carbons (Fsp3) is 0.562. The van der Waals surface area contributed by atoms with Crippen LogP contribution in [-0.4, -0.2) is 24.3 Å². The van der Waals surface area contributed by atoms with Gasteiger partial charge >= 0.3 is 0 Å². The highest BCUT2D eigenvalue weighted by molar-refractivity contribution is 5.85. The van der Waals surface area contributed by atoms with Gasteiger partial charge in [-0.25, -0.2) is 0 Å². The average Bonchev–Trinajstić information content (AvgIpc) is 2.49. The van der Waals surface area contributed by atoms with Crippen LogP contribution >= 0.6 is 0 Å². The maximum absolute atomic E-state index is 8.74. The van der Waals surface area contributed by atoms with Gasteiger partial charge in [0, 0.05) is 5.41 Å². The summed E-state index contributed by atoms with van der Waals surface area (Å²) in [6, 6.07) is 7.67. The van der Waals surface area contributed by atoms with Crippen LogP contribution in [-0.2, 0) is 0 Å². The third-order valence-electron chi connectivity index (χ3n) is 3.32. The van der Waals surface area contributed by atoms with Gasteiger partial charge in [0.15, 0.2) is 11.5 Å². The summed E-state index contributed by atoms with van der Waals surface area (Å²) >= 11 is 0. The summed E-state index contributed by atoms with van der Waals surface area (Å²) in [6.45, 7) is 7.20. The Morgan fingerprint density at radius 2 is 1.76 bits per heavy atom. The number of para-hydroxylation sites is 2. The topological polar surface area (TPSA) is 77.1 Å². The molecule has 21 heavy (non-hydrogen) atoms. The molecule has 0 aromatic heterocycles. The number of nitrogens with two attached hydrogens (primary N) is 1. The van der Waals surface area contributed by atoms with E-state index in [1.54, 1.807) is 0 Å². The Morgan fingerprint density at radius 1 is 1.19 bits per heavy atom. The van der Waals surface area contributed by atoms with Crippen molar-refractivity contribution in [1.29, 1.82) is 0 Å². The van der Waals surface area contributed by atoms with Crippen molar-refractivity contribution in [3.05, 3.63) is 24.3 Å². The summed E-state index contributed by atoms with van der Waals surface area (Å²) in [6.07, 6.45) is 2.55. The van der Waals surface area contributed by atoms with Gasteiger partial charge in [-0.05, 0) is 31.4 Å². The molecule has 0 saturated heterocycles. The van der Waals surface area contributed by atoms with E-state index in [0.717, 1.165) is 30.8 Å². The number of ether oxygens (including phenoxy) is 2. The summed E-state index contributed by atoms with van der Waals surface area (Å²) in [5.41, 5.74) is 5.33. The first-order chi connectivity index (χ1) is 10.0. The van der Waals surface area contributed by atoms with Gasteiger partial charge in [-0.1, -0.05) is 38.1 Å². The maximum Gasteiger partial charge on any atom is 0.161 e. The Labute approximate surface area is 126 Å². The van der Waals surface area contributed by atoms with Crippen LogP contribution in [0.15, 0.2) is 29.4 Å². The Morgan fingerprint density at radius 3 is 2.29 bits per heavy atom. The van der Waals surface area contributed by atoms with Crippen LogP contribution in [0.25, 0.3) is 0 Å².